The number of nitrogens with zero attached hydrogens (tertiary/aromatic N) is 2. The molecule has 3 aromatic rings. The standard InChI is InChI=1S/C22H32N8O2S/c23-7-2-1-3-17-4-5-18(33-17)6-8-27-22(32)20(10-16-12-26-14-29-16)30-21(31)19(24)9-15-11-25-13-28-15/h4-5,11-14,19-20H,1-3,6-10,23-24H2,(H,25,28)(H,26,29)(H,27,32)(H,30,31)/t19-,20-/m0/s1. The molecule has 0 aliphatic heterocycles. The normalized spacial score (nSPS) is 12.9. The van der Waals surface area contributed by atoms with Crippen LogP contribution >= 0.6 is 11.3 Å². The van der Waals surface area contributed by atoms with Gasteiger partial charge in [0.25, 0.3) is 0 Å². The molecule has 0 bridgehead atoms. The van der Waals surface area contributed by atoms with Gasteiger partial charge in [-0.2, -0.15) is 0 Å². The van der Waals surface area contributed by atoms with Gasteiger partial charge in [-0.3, -0.25) is 9.59 Å². The Hall–Kier alpha value is -3.02. The molecule has 3 aromatic heterocycles. The number of unbranched alkanes of at least 4 members (excludes halogenated alkanes) is 1. The summed E-state index contributed by atoms with van der Waals surface area (Å²) in [5, 5.41) is 5.72. The highest BCUT2D eigenvalue weighted by Crippen LogP contribution is 2.18. The smallest absolute Gasteiger partial charge is 0.242 e. The first kappa shape index (κ1) is 24.6. The van der Waals surface area contributed by atoms with Gasteiger partial charge in [0.15, 0.2) is 0 Å². The Balaban J connectivity index is 1.51. The van der Waals surface area contributed by atoms with E-state index in [0.29, 0.717) is 25.9 Å². The highest BCUT2D eigenvalue weighted by Gasteiger charge is 2.25. The highest BCUT2D eigenvalue weighted by atomic mass is 32.1. The molecule has 11 heteroatoms. The number of H-pyrrole nitrogens is 2. The predicted molar refractivity (Wildman–Crippen MR) is 128 cm³/mol. The van der Waals surface area contributed by atoms with E-state index >= 15 is 0 Å². The van der Waals surface area contributed by atoms with E-state index in [1.54, 1.807) is 23.7 Å². The summed E-state index contributed by atoms with van der Waals surface area (Å²) in [5.74, 6) is -0.656. The largest absolute Gasteiger partial charge is 0.354 e. The maximum absolute atomic E-state index is 12.9. The molecule has 0 saturated heterocycles. The molecule has 0 aliphatic rings. The Bertz CT molecular complexity index is 971. The van der Waals surface area contributed by atoms with Crippen LogP contribution in [0.2, 0.25) is 0 Å². The number of carbonyl (C=O) groups excluding carboxylic acids is 2. The van der Waals surface area contributed by atoms with Crippen molar-refractivity contribution in [3.63, 3.8) is 0 Å². The number of hydrogen-bond donors (Lipinski definition) is 6. The lowest BCUT2D eigenvalue weighted by molar-refractivity contribution is -0.129. The third-order valence-corrected chi connectivity index (χ3v) is 6.41. The summed E-state index contributed by atoms with van der Waals surface area (Å²) in [6.07, 6.45) is 10.8. The van der Waals surface area contributed by atoms with Gasteiger partial charge < -0.3 is 32.1 Å². The monoisotopic (exact) mass is 472 g/mol. The number of rotatable bonds is 14. The van der Waals surface area contributed by atoms with Crippen molar-refractivity contribution in [3.8, 4) is 0 Å². The zero-order chi connectivity index (χ0) is 23.5. The van der Waals surface area contributed by atoms with E-state index in [0.717, 1.165) is 37.1 Å². The van der Waals surface area contributed by atoms with E-state index in [2.05, 4.69) is 42.7 Å². The number of aryl methyl sites for hydroxylation is 1. The maximum Gasteiger partial charge on any atom is 0.242 e. The van der Waals surface area contributed by atoms with Gasteiger partial charge in [-0.1, -0.05) is 0 Å². The third-order valence-electron chi connectivity index (χ3n) is 5.21. The highest BCUT2D eigenvalue weighted by molar-refractivity contribution is 7.11. The van der Waals surface area contributed by atoms with Crippen LogP contribution in [0.1, 0.15) is 34.0 Å². The van der Waals surface area contributed by atoms with Crippen molar-refractivity contribution >= 4 is 23.2 Å². The third kappa shape index (κ3) is 8.12. The number of thiophene rings is 1. The number of aromatic nitrogens is 4. The Labute approximate surface area is 197 Å². The minimum absolute atomic E-state index is 0.258. The molecule has 33 heavy (non-hydrogen) atoms. The molecule has 0 unspecified atom stereocenters. The van der Waals surface area contributed by atoms with Gasteiger partial charge in [0.1, 0.15) is 6.04 Å². The molecule has 3 heterocycles. The van der Waals surface area contributed by atoms with Crippen molar-refractivity contribution in [2.24, 2.45) is 11.5 Å². The van der Waals surface area contributed by atoms with Crippen molar-refractivity contribution in [1.82, 2.24) is 30.6 Å². The Morgan fingerprint density at radius 3 is 2.27 bits per heavy atom. The van der Waals surface area contributed by atoms with Gasteiger partial charge in [-0.25, -0.2) is 9.97 Å². The van der Waals surface area contributed by atoms with E-state index in [9.17, 15) is 9.59 Å². The molecule has 0 fully saturated rings. The van der Waals surface area contributed by atoms with Crippen LogP contribution in [0.3, 0.4) is 0 Å². The van der Waals surface area contributed by atoms with Gasteiger partial charge in [0.2, 0.25) is 11.8 Å². The first-order valence-electron chi connectivity index (χ1n) is 11.1. The molecule has 3 rings (SSSR count). The number of nitrogens with one attached hydrogen (secondary N) is 4. The van der Waals surface area contributed by atoms with Crippen LogP contribution in [0.15, 0.2) is 37.2 Å². The summed E-state index contributed by atoms with van der Waals surface area (Å²) in [6, 6.07) is 2.68. The van der Waals surface area contributed by atoms with Crippen molar-refractivity contribution in [2.75, 3.05) is 13.1 Å². The van der Waals surface area contributed by atoms with E-state index < -0.39 is 18.0 Å². The Kier molecular flexibility index (Phi) is 9.60. The zero-order valence-corrected chi connectivity index (χ0v) is 19.4. The SMILES string of the molecule is NCCCCc1ccc(CCNC(=O)[C@H](Cc2cnc[nH]2)NC(=O)[C@@H](N)Cc2cnc[nH]2)s1. The molecule has 8 N–H and O–H groups in total. The summed E-state index contributed by atoms with van der Waals surface area (Å²) in [6.45, 7) is 1.20. The number of nitrogens with two attached hydrogens (primary N) is 2. The topological polar surface area (TPSA) is 168 Å². The average Bonchev–Trinajstić information content (AvgIpc) is 3.57. The van der Waals surface area contributed by atoms with Crippen molar-refractivity contribution in [2.45, 2.75) is 50.6 Å². The van der Waals surface area contributed by atoms with E-state index in [-0.39, 0.29) is 5.91 Å². The van der Waals surface area contributed by atoms with Crippen LogP contribution in [0, 0.1) is 0 Å². The van der Waals surface area contributed by atoms with Crippen molar-refractivity contribution in [3.05, 3.63) is 58.3 Å². The summed E-state index contributed by atoms with van der Waals surface area (Å²) in [5.41, 5.74) is 13.1. The van der Waals surface area contributed by atoms with Gasteiger partial charge >= 0.3 is 0 Å². The first-order valence-corrected chi connectivity index (χ1v) is 11.9. The first-order chi connectivity index (χ1) is 16.0. The summed E-state index contributed by atoms with van der Waals surface area (Å²) < 4.78 is 0. The van der Waals surface area contributed by atoms with Crippen LogP contribution in [-0.2, 0) is 35.3 Å². The summed E-state index contributed by atoms with van der Waals surface area (Å²) in [4.78, 5) is 41.9. The lowest BCUT2D eigenvalue weighted by Crippen LogP contribution is -2.53. The molecule has 2 amide bonds. The number of aromatic amines is 2. The average molecular weight is 473 g/mol. The van der Waals surface area contributed by atoms with Gasteiger partial charge in [0.05, 0.1) is 18.7 Å². The minimum atomic E-state index is -0.800. The summed E-state index contributed by atoms with van der Waals surface area (Å²) in [7, 11) is 0. The quantitative estimate of drug-likeness (QED) is 0.186. The van der Waals surface area contributed by atoms with Crippen LogP contribution in [0.5, 0.6) is 0 Å². The van der Waals surface area contributed by atoms with Crippen LogP contribution < -0.4 is 22.1 Å². The molecule has 0 saturated carbocycles. The fraction of sp³-hybridized carbons (Fsp3) is 0.455. The number of carbonyl (C=O) groups is 2. The molecule has 2 atom stereocenters. The van der Waals surface area contributed by atoms with Crippen LogP contribution in [-0.4, -0.2) is 56.9 Å². The van der Waals surface area contributed by atoms with Gasteiger partial charge in [-0.05, 0) is 44.4 Å². The second-order valence-corrected chi connectivity index (χ2v) is 9.14. The molecule has 178 valence electrons. The molecule has 0 spiro atoms. The zero-order valence-electron chi connectivity index (χ0n) is 18.5. The molecule has 10 nitrogen and oxygen atoms in total. The lowest BCUT2D eigenvalue weighted by Gasteiger charge is -2.20. The maximum atomic E-state index is 12.9. The second-order valence-electron chi connectivity index (χ2n) is 7.88. The van der Waals surface area contributed by atoms with Crippen molar-refractivity contribution in [1.29, 1.82) is 0 Å². The Morgan fingerprint density at radius 2 is 1.64 bits per heavy atom. The predicted octanol–water partition coefficient (Wildman–Crippen LogP) is 0.432. The van der Waals surface area contributed by atoms with E-state index in [1.807, 2.05) is 0 Å². The number of imidazole rings is 2. The molecule has 0 aliphatic carbocycles. The fourth-order valence-corrected chi connectivity index (χ4v) is 4.46. The molecular weight excluding hydrogens is 440 g/mol. The van der Waals surface area contributed by atoms with E-state index in [4.69, 9.17) is 11.5 Å². The van der Waals surface area contributed by atoms with E-state index in [1.165, 1.54) is 22.4 Å². The van der Waals surface area contributed by atoms with Crippen LogP contribution in [0.4, 0.5) is 0 Å². The minimum Gasteiger partial charge on any atom is -0.354 e. The molecule has 0 aromatic carbocycles. The number of hydrogen-bond acceptors (Lipinski definition) is 7. The fourth-order valence-electron chi connectivity index (χ4n) is 3.40. The molecule has 0 radical (unpaired) electrons. The van der Waals surface area contributed by atoms with Gasteiger partial charge in [-0.15, -0.1) is 11.3 Å². The van der Waals surface area contributed by atoms with Gasteiger partial charge in [0, 0.05) is 52.9 Å². The van der Waals surface area contributed by atoms with Crippen molar-refractivity contribution < 1.29 is 9.59 Å². The second kappa shape index (κ2) is 12.9. The Morgan fingerprint density at radius 1 is 0.970 bits per heavy atom. The van der Waals surface area contributed by atoms with Crippen LogP contribution in [0.25, 0.3) is 0 Å². The number of amides is 2. The molecular formula is C22H32N8O2S. The summed E-state index contributed by atoms with van der Waals surface area (Å²) >= 11 is 1.76. The lowest BCUT2D eigenvalue weighted by atomic mass is 10.1.